The zero-order chi connectivity index (χ0) is 14.0. The summed E-state index contributed by atoms with van der Waals surface area (Å²) in [5.74, 6) is 0.428. The zero-order valence-electron chi connectivity index (χ0n) is 10.2. The monoisotopic (exact) mass is 385 g/mol. The summed E-state index contributed by atoms with van der Waals surface area (Å²) in [4.78, 5) is 0.210. The minimum absolute atomic E-state index is 0.210. The molecule has 1 atom stereocenters. The van der Waals surface area contributed by atoms with Gasteiger partial charge in [0.1, 0.15) is 0 Å². The summed E-state index contributed by atoms with van der Waals surface area (Å²) in [5, 5.41) is 1.52. The van der Waals surface area contributed by atoms with Gasteiger partial charge < -0.3 is 0 Å². The van der Waals surface area contributed by atoms with Crippen LogP contribution in [0.2, 0.25) is 10.0 Å². The number of alkyl halides is 1. The summed E-state index contributed by atoms with van der Waals surface area (Å²) in [6.45, 7) is 1.15. The van der Waals surface area contributed by atoms with Gasteiger partial charge >= 0.3 is 0 Å². The molecule has 0 N–H and O–H groups in total. The molecule has 1 aromatic rings. The normalized spacial score (nSPS) is 20.9. The largest absolute Gasteiger partial charge is 0.243 e. The quantitative estimate of drug-likeness (QED) is 0.738. The second-order valence-corrected chi connectivity index (χ2v) is 8.12. The number of benzene rings is 1. The maximum absolute atomic E-state index is 12.5. The van der Waals surface area contributed by atoms with Gasteiger partial charge in [0.05, 0.1) is 14.9 Å². The minimum Gasteiger partial charge on any atom is -0.207 e. The predicted molar refractivity (Wildman–Crippen MR) is 81.7 cm³/mol. The number of halogens is 3. The molecule has 0 bridgehead atoms. The lowest BCUT2D eigenvalue weighted by Gasteiger charge is -2.16. The third-order valence-corrected chi connectivity index (χ3v) is 6.35. The van der Waals surface area contributed by atoms with Crippen LogP contribution in [0.5, 0.6) is 0 Å². The van der Waals surface area contributed by atoms with E-state index in [0.717, 1.165) is 18.2 Å². The molecule has 19 heavy (non-hydrogen) atoms. The Bertz CT molecular complexity index is 565. The summed E-state index contributed by atoms with van der Waals surface area (Å²) in [6, 6.07) is 4.43. The molecule has 1 fully saturated rings. The van der Waals surface area contributed by atoms with Crippen LogP contribution in [0.25, 0.3) is 0 Å². The third-order valence-electron chi connectivity index (χ3n) is 3.29. The van der Waals surface area contributed by atoms with E-state index in [0.29, 0.717) is 24.0 Å². The van der Waals surface area contributed by atoms with E-state index in [1.165, 1.54) is 22.5 Å². The van der Waals surface area contributed by atoms with Crippen molar-refractivity contribution in [3.63, 3.8) is 0 Å². The number of sulfonamides is 1. The molecule has 1 aliphatic heterocycles. The highest BCUT2D eigenvalue weighted by Gasteiger charge is 2.32. The van der Waals surface area contributed by atoms with E-state index in [9.17, 15) is 8.42 Å². The Kier molecular flexibility index (Phi) is 5.17. The van der Waals surface area contributed by atoms with Crippen LogP contribution < -0.4 is 0 Å². The van der Waals surface area contributed by atoms with E-state index < -0.39 is 10.0 Å². The highest BCUT2D eigenvalue weighted by Crippen LogP contribution is 2.30. The molecule has 2 rings (SSSR count). The van der Waals surface area contributed by atoms with Gasteiger partial charge in [0, 0.05) is 18.4 Å². The third kappa shape index (κ3) is 3.45. The van der Waals surface area contributed by atoms with Gasteiger partial charge in [0.15, 0.2) is 0 Å². The summed E-state index contributed by atoms with van der Waals surface area (Å²) >= 11 is 15.1. The lowest BCUT2D eigenvalue weighted by atomic mass is 10.1. The molecular formula is C12H14BrCl2NO2S. The molecule has 7 heteroatoms. The van der Waals surface area contributed by atoms with Gasteiger partial charge in [-0.3, -0.25) is 0 Å². The Balaban J connectivity index is 2.21. The van der Waals surface area contributed by atoms with Crippen LogP contribution in [0.3, 0.4) is 0 Å². The number of nitrogens with zero attached hydrogens (tertiary/aromatic N) is 1. The van der Waals surface area contributed by atoms with Crippen LogP contribution in [0.1, 0.15) is 12.8 Å². The molecule has 0 amide bonds. The fraction of sp³-hybridized carbons (Fsp3) is 0.500. The highest BCUT2D eigenvalue weighted by molar-refractivity contribution is 9.09. The van der Waals surface area contributed by atoms with Crippen molar-refractivity contribution in [2.75, 3.05) is 18.4 Å². The van der Waals surface area contributed by atoms with Gasteiger partial charge in [-0.05, 0) is 37.0 Å². The van der Waals surface area contributed by atoms with E-state index >= 15 is 0 Å². The second kappa shape index (κ2) is 6.31. The van der Waals surface area contributed by atoms with Crippen molar-refractivity contribution in [3.8, 4) is 0 Å². The number of hydrogen-bond donors (Lipinski definition) is 0. The Hall–Kier alpha value is 0.190. The number of hydrogen-bond acceptors (Lipinski definition) is 2. The van der Waals surface area contributed by atoms with Crippen LogP contribution in [0, 0.1) is 5.92 Å². The van der Waals surface area contributed by atoms with Crippen molar-refractivity contribution >= 4 is 49.2 Å². The molecule has 0 aliphatic carbocycles. The zero-order valence-corrected chi connectivity index (χ0v) is 14.1. The fourth-order valence-corrected chi connectivity index (χ4v) is 4.76. The van der Waals surface area contributed by atoms with Crippen molar-refractivity contribution in [2.24, 2.45) is 5.92 Å². The van der Waals surface area contributed by atoms with Crippen molar-refractivity contribution in [2.45, 2.75) is 17.7 Å². The Morgan fingerprint density at radius 3 is 2.68 bits per heavy atom. The van der Waals surface area contributed by atoms with Gasteiger partial charge in [-0.2, -0.15) is 4.31 Å². The summed E-state index contributed by atoms with van der Waals surface area (Å²) in [6.07, 6.45) is 1.90. The van der Waals surface area contributed by atoms with Crippen LogP contribution in [-0.2, 0) is 10.0 Å². The summed E-state index contributed by atoms with van der Waals surface area (Å²) in [7, 11) is -3.45. The van der Waals surface area contributed by atoms with Gasteiger partial charge in [0.2, 0.25) is 10.0 Å². The van der Waals surface area contributed by atoms with E-state index in [2.05, 4.69) is 15.9 Å². The van der Waals surface area contributed by atoms with E-state index in [-0.39, 0.29) is 9.92 Å². The first-order valence-electron chi connectivity index (χ1n) is 5.96. The lowest BCUT2D eigenvalue weighted by Crippen LogP contribution is -2.29. The first-order chi connectivity index (χ1) is 8.95. The molecule has 1 heterocycles. The number of rotatable bonds is 4. The van der Waals surface area contributed by atoms with Crippen molar-refractivity contribution in [3.05, 3.63) is 28.2 Å². The SMILES string of the molecule is O=S(=O)(c1ccc(Cl)c(Cl)c1)N1CCC(CCBr)C1. The van der Waals surface area contributed by atoms with Gasteiger partial charge in [-0.25, -0.2) is 8.42 Å². The molecule has 0 radical (unpaired) electrons. The van der Waals surface area contributed by atoms with Crippen LogP contribution in [-0.4, -0.2) is 31.1 Å². The predicted octanol–water partition coefficient (Wildman–Crippen LogP) is 3.79. The maximum Gasteiger partial charge on any atom is 0.243 e. The first-order valence-corrected chi connectivity index (χ1v) is 9.28. The Labute approximate surface area is 132 Å². The molecule has 1 aliphatic rings. The second-order valence-electron chi connectivity index (χ2n) is 4.57. The van der Waals surface area contributed by atoms with Gasteiger partial charge in [-0.15, -0.1) is 0 Å². The molecule has 1 saturated heterocycles. The van der Waals surface area contributed by atoms with Crippen LogP contribution >= 0.6 is 39.1 Å². The van der Waals surface area contributed by atoms with Crippen LogP contribution in [0.4, 0.5) is 0 Å². The van der Waals surface area contributed by atoms with Crippen molar-refractivity contribution < 1.29 is 8.42 Å². The Morgan fingerprint density at radius 1 is 1.32 bits per heavy atom. The first kappa shape index (κ1) is 15.6. The van der Waals surface area contributed by atoms with Crippen LogP contribution in [0.15, 0.2) is 23.1 Å². The molecule has 1 unspecified atom stereocenters. The molecule has 0 spiro atoms. The average molecular weight is 387 g/mol. The fourth-order valence-electron chi connectivity index (χ4n) is 2.19. The van der Waals surface area contributed by atoms with Gasteiger partial charge in [0.25, 0.3) is 0 Å². The molecule has 106 valence electrons. The average Bonchev–Trinajstić information content (AvgIpc) is 2.82. The molecule has 0 saturated carbocycles. The topological polar surface area (TPSA) is 37.4 Å². The van der Waals surface area contributed by atoms with Gasteiger partial charge in [-0.1, -0.05) is 39.1 Å². The van der Waals surface area contributed by atoms with E-state index in [1.54, 1.807) is 0 Å². The molecule has 3 nitrogen and oxygen atoms in total. The van der Waals surface area contributed by atoms with Crippen molar-refractivity contribution in [1.29, 1.82) is 0 Å². The molecule has 1 aromatic carbocycles. The Morgan fingerprint density at radius 2 is 2.05 bits per heavy atom. The standard InChI is InChI=1S/C12H14BrCl2NO2S/c13-5-3-9-4-6-16(8-9)19(17,18)10-1-2-11(14)12(15)7-10/h1-2,7,9H,3-6,8H2. The smallest absolute Gasteiger partial charge is 0.207 e. The highest BCUT2D eigenvalue weighted by atomic mass is 79.9. The summed E-state index contributed by atoms with van der Waals surface area (Å²) in [5.41, 5.74) is 0. The van der Waals surface area contributed by atoms with E-state index in [1.807, 2.05) is 0 Å². The van der Waals surface area contributed by atoms with E-state index in [4.69, 9.17) is 23.2 Å². The molecule has 0 aromatic heterocycles. The molecular weight excluding hydrogens is 373 g/mol. The maximum atomic E-state index is 12.5. The minimum atomic E-state index is -3.45. The lowest BCUT2D eigenvalue weighted by molar-refractivity contribution is 0.454. The summed E-state index contributed by atoms with van der Waals surface area (Å²) < 4.78 is 26.4. The van der Waals surface area contributed by atoms with Crippen molar-refractivity contribution in [1.82, 2.24) is 4.31 Å².